The second kappa shape index (κ2) is 9.07. The molecular weight excluding hydrogens is 371 g/mol. The van der Waals surface area contributed by atoms with Gasteiger partial charge in [-0.25, -0.2) is 17.5 Å². The summed E-state index contributed by atoms with van der Waals surface area (Å²) in [5.41, 5.74) is 1.03. The summed E-state index contributed by atoms with van der Waals surface area (Å²) in [6, 6.07) is 11.4. The molecule has 8 heteroatoms. The molecule has 0 heterocycles. The highest BCUT2D eigenvalue weighted by molar-refractivity contribution is 7.89. The van der Waals surface area contributed by atoms with Gasteiger partial charge in [-0.2, -0.15) is 0 Å². The third-order valence-corrected chi connectivity index (χ3v) is 5.70. The first-order valence-electron chi connectivity index (χ1n) is 8.37. The van der Waals surface area contributed by atoms with Crippen molar-refractivity contribution < 1.29 is 22.3 Å². The summed E-state index contributed by atoms with van der Waals surface area (Å²) in [5, 5.41) is 0. The molecule has 0 aromatic heterocycles. The van der Waals surface area contributed by atoms with Crippen molar-refractivity contribution in [1.82, 2.24) is 9.62 Å². The first-order chi connectivity index (χ1) is 12.8. The van der Waals surface area contributed by atoms with Crippen LogP contribution in [-0.2, 0) is 14.8 Å². The van der Waals surface area contributed by atoms with Gasteiger partial charge in [0.05, 0.1) is 17.5 Å². The molecule has 1 N–H and O–H groups in total. The van der Waals surface area contributed by atoms with Gasteiger partial charge < -0.3 is 9.64 Å². The molecule has 0 saturated carbocycles. The maximum atomic E-state index is 13.1. The standard InChI is InChI=1S/C19H23FN2O4S/c1-14(15-7-9-17(20)10-8-15)22(2)19(23)16-5-4-6-18(13-16)27(24,25)21-11-12-26-3/h4-10,13-14,21H,11-12H2,1-3H3. The fraction of sp³-hybridized carbons (Fsp3) is 0.316. The lowest BCUT2D eigenvalue weighted by Gasteiger charge is -2.25. The third kappa shape index (κ3) is 5.35. The number of sulfonamides is 1. The zero-order valence-electron chi connectivity index (χ0n) is 15.5. The van der Waals surface area contributed by atoms with Crippen LogP contribution in [0.25, 0.3) is 0 Å². The molecule has 2 rings (SSSR count). The second-order valence-corrected chi connectivity index (χ2v) is 7.83. The smallest absolute Gasteiger partial charge is 0.254 e. The number of methoxy groups -OCH3 is 1. The first-order valence-corrected chi connectivity index (χ1v) is 9.86. The molecule has 1 amide bonds. The number of hydrogen-bond donors (Lipinski definition) is 1. The molecule has 0 fully saturated rings. The van der Waals surface area contributed by atoms with Gasteiger partial charge in [0.1, 0.15) is 5.82 Å². The minimum absolute atomic E-state index is 0.00675. The molecule has 0 spiro atoms. The van der Waals surface area contributed by atoms with E-state index in [0.29, 0.717) is 0 Å². The van der Waals surface area contributed by atoms with E-state index in [2.05, 4.69) is 4.72 Å². The molecule has 0 aliphatic rings. The maximum absolute atomic E-state index is 13.1. The van der Waals surface area contributed by atoms with E-state index >= 15 is 0 Å². The zero-order chi connectivity index (χ0) is 20.0. The van der Waals surface area contributed by atoms with E-state index in [-0.39, 0.29) is 41.4 Å². The van der Waals surface area contributed by atoms with E-state index in [1.54, 1.807) is 25.2 Å². The fourth-order valence-corrected chi connectivity index (χ4v) is 3.56. The number of halogens is 1. The minimum atomic E-state index is -3.73. The minimum Gasteiger partial charge on any atom is -0.383 e. The molecule has 0 aliphatic heterocycles. The Balaban J connectivity index is 2.19. The third-order valence-electron chi connectivity index (χ3n) is 4.24. The Morgan fingerprint density at radius 3 is 2.52 bits per heavy atom. The quantitative estimate of drug-likeness (QED) is 0.699. The molecule has 0 radical (unpaired) electrons. The van der Waals surface area contributed by atoms with Gasteiger partial charge in [-0.05, 0) is 42.8 Å². The molecule has 6 nitrogen and oxygen atoms in total. The van der Waals surface area contributed by atoms with E-state index in [9.17, 15) is 17.6 Å². The molecule has 2 aromatic rings. The van der Waals surface area contributed by atoms with Crippen LogP contribution in [0.5, 0.6) is 0 Å². The summed E-state index contributed by atoms with van der Waals surface area (Å²) in [5.74, 6) is -0.681. The summed E-state index contributed by atoms with van der Waals surface area (Å²) in [6.45, 7) is 2.20. The van der Waals surface area contributed by atoms with E-state index in [1.165, 1.54) is 42.3 Å². The van der Waals surface area contributed by atoms with Gasteiger partial charge in [0.25, 0.3) is 5.91 Å². The molecule has 0 aliphatic carbocycles. The van der Waals surface area contributed by atoms with Crippen molar-refractivity contribution >= 4 is 15.9 Å². The van der Waals surface area contributed by atoms with Crippen molar-refractivity contribution in [3.63, 3.8) is 0 Å². The largest absolute Gasteiger partial charge is 0.383 e. The van der Waals surface area contributed by atoms with Gasteiger partial charge >= 0.3 is 0 Å². The van der Waals surface area contributed by atoms with Crippen molar-refractivity contribution in [2.24, 2.45) is 0 Å². The van der Waals surface area contributed by atoms with Crippen LogP contribution in [0.4, 0.5) is 4.39 Å². The number of hydrogen-bond acceptors (Lipinski definition) is 4. The Hall–Kier alpha value is -2.29. The molecule has 1 unspecified atom stereocenters. The lowest BCUT2D eigenvalue weighted by atomic mass is 10.1. The number of nitrogens with zero attached hydrogens (tertiary/aromatic N) is 1. The van der Waals surface area contributed by atoms with Crippen LogP contribution in [0.15, 0.2) is 53.4 Å². The SMILES string of the molecule is COCCNS(=O)(=O)c1cccc(C(=O)N(C)C(C)c2ccc(F)cc2)c1. The fourth-order valence-electron chi connectivity index (χ4n) is 2.50. The Labute approximate surface area is 159 Å². The number of amides is 1. The van der Waals surface area contributed by atoms with Crippen molar-refractivity contribution in [3.8, 4) is 0 Å². The lowest BCUT2D eigenvalue weighted by Crippen LogP contribution is -2.30. The van der Waals surface area contributed by atoms with Crippen LogP contribution in [-0.4, -0.2) is 46.5 Å². The summed E-state index contributed by atoms with van der Waals surface area (Å²) < 4.78 is 45.0. The normalized spacial score (nSPS) is 12.6. The van der Waals surface area contributed by atoms with Crippen molar-refractivity contribution in [3.05, 3.63) is 65.5 Å². The highest BCUT2D eigenvalue weighted by Crippen LogP contribution is 2.22. The Morgan fingerprint density at radius 1 is 1.22 bits per heavy atom. The molecular formula is C19H23FN2O4S. The predicted molar refractivity (Wildman–Crippen MR) is 100 cm³/mol. The van der Waals surface area contributed by atoms with Crippen LogP contribution in [0, 0.1) is 5.82 Å². The molecule has 27 heavy (non-hydrogen) atoms. The number of carbonyl (C=O) groups is 1. The van der Waals surface area contributed by atoms with Crippen LogP contribution in [0.1, 0.15) is 28.9 Å². The van der Waals surface area contributed by atoms with Gasteiger partial charge in [-0.15, -0.1) is 0 Å². The van der Waals surface area contributed by atoms with E-state index in [1.807, 2.05) is 6.92 Å². The topological polar surface area (TPSA) is 75.7 Å². The number of rotatable bonds is 8. The van der Waals surface area contributed by atoms with E-state index in [0.717, 1.165) is 5.56 Å². The predicted octanol–water partition coefficient (Wildman–Crippen LogP) is 2.58. The van der Waals surface area contributed by atoms with Crippen LogP contribution in [0.3, 0.4) is 0 Å². The van der Waals surface area contributed by atoms with Gasteiger partial charge in [0.15, 0.2) is 0 Å². The van der Waals surface area contributed by atoms with Gasteiger partial charge in [0.2, 0.25) is 10.0 Å². The molecule has 0 saturated heterocycles. The molecule has 0 bridgehead atoms. The Kier molecular flexibility index (Phi) is 7.06. The Bertz CT molecular complexity index is 885. The average Bonchev–Trinajstić information content (AvgIpc) is 2.67. The highest BCUT2D eigenvalue weighted by atomic mass is 32.2. The summed E-state index contributed by atoms with van der Waals surface area (Å²) in [4.78, 5) is 14.3. The summed E-state index contributed by atoms with van der Waals surface area (Å²) >= 11 is 0. The number of carbonyl (C=O) groups excluding carboxylic acids is 1. The molecule has 146 valence electrons. The average molecular weight is 394 g/mol. The number of nitrogens with one attached hydrogen (secondary N) is 1. The second-order valence-electron chi connectivity index (χ2n) is 6.06. The van der Waals surface area contributed by atoms with Crippen LogP contribution < -0.4 is 4.72 Å². The molecule has 1 atom stereocenters. The van der Waals surface area contributed by atoms with Gasteiger partial charge in [-0.1, -0.05) is 18.2 Å². The monoisotopic (exact) mass is 394 g/mol. The zero-order valence-corrected chi connectivity index (χ0v) is 16.3. The highest BCUT2D eigenvalue weighted by Gasteiger charge is 2.21. The lowest BCUT2D eigenvalue weighted by molar-refractivity contribution is 0.0742. The van der Waals surface area contributed by atoms with E-state index in [4.69, 9.17) is 4.74 Å². The Morgan fingerprint density at radius 2 is 1.89 bits per heavy atom. The van der Waals surface area contributed by atoms with Gasteiger partial charge in [0, 0.05) is 26.3 Å². The van der Waals surface area contributed by atoms with Crippen molar-refractivity contribution in [2.75, 3.05) is 27.3 Å². The van der Waals surface area contributed by atoms with Crippen molar-refractivity contribution in [1.29, 1.82) is 0 Å². The van der Waals surface area contributed by atoms with Crippen molar-refractivity contribution in [2.45, 2.75) is 17.9 Å². The first kappa shape index (κ1) is 21.0. The maximum Gasteiger partial charge on any atom is 0.254 e. The number of benzene rings is 2. The van der Waals surface area contributed by atoms with Gasteiger partial charge in [-0.3, -0.25) is 4.79 Å². The van der Waals surface area contributed by atoms with Crippen LogP contribution in [0.2, 0.25) is 0 Å². The number of ether oxygens (including phenoxy) is 1. The molecule has 2 aromatic carbocycles. The van der Waals surface area contributed by atoms with Crippen LogP contribution >= 0.6 is 0 Å². The van der Waals surface area contributed by atoms with E-state index < -0.39 is 10.0 Å². The summed E-state index contributed by atoms with van der Waals surface area (Å²) in [7, 11) is -0.637. The summed E-state index contributed by atoms with van der Waals surface area (Å²) in [6.07, 6.45) is 0.